The molecule has 0 atom stereocenters. The molecule has 1 N–H and O–H groups in total. The summed E-state index contributed by atoms with van der Waals surface area (Å²) in [6.07, 6.45) is 0. The van der Waals surface area contributed by atoms with Gasteiger partial charge in [0.25, 0.3) is 5.91 Å². The van der Waals surface area contributed by atoms with Crippen molar-refractivity contribution in [3.63, 3.8) is 0 Å². The molecule has 5 nitrogen and oxygen atoms in total. The maximum absolute atomic E-state index is 12.9. The summed E-state index contributed by atoms with van der Waals surface area (Å²) in [5.41, 5.74) is 2.26. The first-order chi connectivity index (χ1) is 12.5. The molecule has 0 bridgehead atoms. The zero-order valence-corrected chi connectivity index (χ0v) is 14.0. The summed E-state index contributed by atoms with van der Waals surface area (Å²) in [5.74, 6) is -1.19. The first-order valence-corrected chi connectivity index (χ1v) is 7.91. The number of amides is 1. The highest BCUT2D eigenvalue weighted by molar-refractivity contribution is 5.94. The van der Waals surface area contributed by atoms with Crippen molar-refractivity contribution in [2.75, 3.05) is 11.9 Å². The van der Waals surface area contributed by atoms with Crippen LogP contribution in [0.25, 0.3) is 11.3 Å². The number of carbonyl (C=O) groups excluding carboxylic acids is 2. The quantitative estimate of drug-likeness (QED) is 0.699. The van der Waals surface area contributed by atoms with Crippen LogP contribution in [0.3, 0.4) is 0 Å². The van der Waals surface area contributed by atoms with Crippen molar-refractivity contribution >= 4 is 17.6 Å². The molecule has 0 fully saturated rings. The van der Waals surface area contributed by atoms with Crippen molar-refractivity contribution < 1.29 is 23.1 Å². The third kappa shape index (κ3) is 4.36. The summed E-state index contributed by atoms with van der Waals surface area (Å²) in [4.78, 5) is 23.9. The zero-order valence-electron chi connectivity index (χ0n) is 14.0. The molecule has 2 aromatic carbocycles. The van der Waals surface area contributed by atoms with Crippen LogP contribution in [-0.4, -0.2) is 18.5 Å². The molecule has 0 aliphatic heterocycles. The van der Waals surface area contributed by atoms with Gasteiger partial charge in [-0.15, -0.1) is 0 Å². The number of halogens is 1. The normalized spacial score (nSPS) is 10.4. The molecule has 1 aromatic heterocycles. The first kappa shape index (κ1) is 17.4. The Morgan fingerprint density at radius 1 is 1.08 bits per heavy atom. The molecular weight excluding hydrogens is 337 g/mol. The van der Waals surface area contributed by atoms with E-state index in [0.29, 0.717) is 17.0 Å². The van der Waals surface area contributed by atoms with E-state index >= 15 is 0 Å². The zero-order chi connectivity index (χ0) is 18.5. The molecule has 1 amide bonds. The molecule has 0 aliphatic rings. The lowest BCUT2D eigenvalue weighted by molar-refractivity contribution is -0.119. The number of hydrogen-bond acceptors (Lipinski definition) is 4. The maximum Gasteiger partial charge on any atom is 0.374 e. The van der Waals surface area contributed by atoms with Crippen molar-refractivity contribution in [2.24, 2.45) is 0 Å². The van der Waals surface area contributed by atoms with Crippen LogP contribution in [0.2, 0.25) is 0 Å². The molecule has 1 heterocycles. The van der Waals surface area contributed by atoms with Gasteiger partial charge in [0.1, 0.15) is 11.6 Å². The Kier molecular flexibility index (Phi) is 5.12. The van der Waals surface area contributed by atoms with E-state index in [4.69, 9.17) is 9.15 Å². The summed E-state index contributed by atoms with van der Waals surface area (Å²) in [6.45, 7) is 1.48. The van der Waals surface area contributed by atoms with E-state index in [1.807, 2.05) is 19.1 Å². The van der Waals surface area contributed by atoms with Gasteiger partial charge < -0.3 is 14.5 Å². The van der Waals surface area contributed by atoms with Crippen LogP contribution in [0.15, 0.2) is 65.1 Å². The Hall–Kier alpha value is -3.41. The van der Waals surface area contributed by atoms with Gasteiger partial charge in [-0.05, 0) is 61.0 Å². The average molecular weight is 353 g/mol. The predicted molar refractivity (Wildman–Crippen MR) is 94.2 cm³/mol. The molecular formula is C20H16FNO4. The summed E-state index contributed by atoms with van der Waals surface area (Å²) in [5, 5.41) is 2.64. The molecule has 26 heavy (non-hydrogen) atoms. The van der Waals surface area contributed by atoms with E-state index in [1.165, 1.54) is 18.2 Å². The van der Waals surface area contributed by atoms with Gasteiger partial charge in [-0.1, -0.05) is 12.1 Å². The molecule has 0 spiro atoms. The molecule has 0 unspecified atom stereocenters. The molecule has 3 rings (SSSR count). The smallest absolute Gasteiger partial charge is 0.374 e. The van der Waals surface area contributed by atoms with Crippen molar-refractivity contribution in [3.8, 4) is 11.3 Å². The molecule has 0 saturated heterocycles. The predicted octanol–water partition coefficient (Wildman–Crippen LogP) is 4.19. The summed E-state index contributed by atoms with van der Waals surface area (Å²) < 4.78 is 23.3. The van der Waals surface area contributed by atoms with E-state index in [1.54, 1.807) is 30.3 Å². The van der Waals surface area contributed by atoms with E-state index in [-0.39, 0.29) is 11.6 Å². The largest absolute Gasteiger partial charge is 0.450 e. The minimum Gasteiger partial charge on any atom is -0.450 e. The fourth-order valence-corrected chi connectivity index (χ4v) is 2.34. The minimum absolute atomic E-state index is 0.0346. The number of hydrogen-bond donors (Lipinski definition) is 1. The number of ether oxygens (including phenoxy) is 1. The lowest BCUT2D eigenvalue weighted by Crippen LogP contribution is -2.20. The highest BCUT2D eigenvalue weighted by atomic mass is 19.1. The van der Waals surface area contributed by atoms with Gasteiger partial charge in [0.05, 0.1) is 0 Å². The number of aryl methyl sites for hydroxylation is 1. The lowest BCUT2D eigenvalue weighted by atomic mass is 10.2. The third-order valence-corrected chi connectivity index (χ3v) is 3.57. The Labute approximate surface area is 149 Å². The van der Waals surface area contributed by atoms with E-state index in [9.17, 15) is 14.0 Å². The van der Waals surface area contributed by atoms with Crippen molar-refractivity contribution in [1.82, 2.24) is 0 Å². The Morgan fingerprint density at radius 3 is 2.58 bits per heavy atom. The summed E-state index contributed by atoms with van der Waals surface area (Å²) >= 11 is 0. The lowest BCUT2D eigenvalue weighted by Gasteiger charge is -2.06. The van der Waals surface area contributed by atoms with Crippen LogP contribution >= 0.6 is 0 Å². The van der Waals surface area contributed by atoms with Gasteiger partial charge in [0, 0.05) is 11.3 Å². The SMILES string of the molecule is Cc1cccc(NC(=O)COC(=O)c2ccc(-c3ccc(F)cc3)o2)c1. The number of carbonyl (C=O) groups is 2. The van der Waals surface area contributed by atoms with E-state index in [0.717, 1.165) is 5.56 Å². The monoisotopic (exact) mass is 353 g/mol. The topological polar surface area (TPSA) is 68.5 Å². The number of nitrogens with one attached hydrogen (secondary N) is 1. The average Bonchev–Trinajstić information content (AvgIpc) is 3.10. The molecule has 3 aromatic rings. The Balaban J connectivity index is 1.56. The number of benzene rings is 2. The van der Waals surface area contributed by atoms with Gasteiger partial charge in [-0.3, -0.25) is 4.79 Å². The number of esters is 1. The van der Waals surface area contributed by atoms with Crippen LogP contribution in [0.5, 0.6) is 0 Å². The van der Waals surface area contributed by atoms with Gasteiger partial charge in [-0.25, -0.2) is 9.18 Å². The summed E-state index contributed by atoms with van der Waals surface area (Å²) in [6, 6.07) is 16.0. The summed E-state index contributed by atoms with van der Waals surface area (Å²) in [7, 11) is 0. The van der Waals surface area contributed by atoms with Crippen LogP contribution in [0.1, 0.15) is 16.1 Å². The van der Waals surface area contributed by atoms with Gasteiger partial charge >= 0.3 is 5.97 Å². The van der Waals surface area contributed by atoms with E-state index in [2.05, 4.69) is 5.32 Å². The molecule has 132 valence electrons. The van der Waals surface area contributed by atoms with Gasteiger partial charge in [0.15, 0.2) is 6.61 Å². The highest BCUT2D eigenvalue weighted by Crippen LogP contribution is 2.22. The van der Waals surface area contributed by atoms with Gasteiger partial charge in [0.2, 0.25) is 5.76 Å². The molecule has 0 saturated carbocycles. The highest BCUT2D eigenvalue weighted by Gasteiger charge is 2.15. The molecule has 6 heteroatoms. The fourth-order valence-electron chi connectivity index (χ4n) is 2.34. The Morgan fingerprint density at radius 2 is 1.85 bits per heavy atom. The number of furan rings is 1. The second kappa shape index (κ2) is 7.65. The second-order valence-corrected chi connectivity index (χ2v) is 5.66. The third-order valence-electron chi connectivity index (χ3n) is 3.57. The van der Waals surface area contributed by atoms with Crippen LogP contribution < -0.4 is 5.32 Å². The standard InChI is InChI=1S/C20H16FNO4/c1-13-3-2-4-16(11-13)22-19(23)12-25-20(24)18-10-9-17(26-18)14-5-7-15(21)8-6-14/h2-11H,12H2,1H3,(H,22,23). The van der Waals surface area contributed by atoms with Crippen molar-refractivity contribution in [3.05, 3.63) is 77.8 Å². The van der Waals surface area contributed by atoms with E-state index < -0.39 is 18.5 Å². The number of anilines is 1. The van der Waals surface area contributed by atoms with Crippen LogP contribution in [0.4, 0.5) is 10.1 Å². The maximum atomic E-state index is 12.9. The second-order valence-electron chi connectivity index (χ2n) is 5.66. The minimum atomic E-state index is -0.752. The van der Waals surface area contributed by atoms with Crippen LogP contribution in [-0.2, 0) is 9.53 Å². The van der Waals surface area contributed by atoms with Crippen molar-refractivity contribution in [2.45, 2.75) is 6.92 Å². The fraction of sp³-hybridized carbons (Fsp3) is 0.100. The molecule has 0 radical (unpaired) electrons. The van der Waals surface area contributed by atoms with Crippen molar-refractivity contribution in [1.29, 1.82) is 0 Å². The number of rotatable bonds is 5. The Bertz CT molecular complexity index is 931. The first-order valence-electron chi connectivity index (χ1n) is 7.91. The molecule has 0 aliphatic carbocycles. The van der Waals surface area contributed by atoms with Crippen LogP contribution in [0, 0.1) is 12.7 Å². The van der Waals surface area contributed by atoms with Gasteiger partial charge in [-0.2, -0.15) is 0 Å².